The normalized spacial score (nSPS) is 15.8. The molecule has 0 spiro atoms. The molecule has 1 amide bonds. The SMILES string of the molecule is CCCOc1cccc(C(=O)NCC2CCNCC2)c1. The fourth-order valence-corrected chi connectivity index (χ4v) is 2.37. The number of nitrogens with one attached hydrogen (secondary N) is 2. The topological polar surface area (TPSA) is 50.4 Å². The molecular weight excluding hydrogens is 252 g/mol. The number of hydrogen-bond donors (Lipinski definition) is 2. The lowest BCUT2D eigenvalue weighted by molar-refractivity contribution is 0.0943. The van der Waals surface area contributed by atoms with Gasteiger partial charge in [0.15, 0.2) is 0 Å². The smallest absolute Gasteiger partial charge is 0.251 e. The van der Waals surface area contributed by atoms with Crippen molar-refractivity contribution in [1.29, 1.82) is 0 Å². The molecule has 1 aliphatic heterocycles. The zero-order valence-corrected chi connectivity index (χ0v) is 12.2. The van der Waals surface area contributed by atoms with Gasteiger partial charge in [-0.2, -0.15) is 0 Å². The molecule has 4 nitrogen and oxygen atoms in total. The molecule has 4 heteroatoms. The molecule has 1 aromatic carbocycles. The number of rotatable bonds is 6. The Balaban J connectivity index is 1.84. The highest BCUT2D eigenvalue weighted by Gasteiger charge is 2.14. The largest absolute Gasteiger partial charge is 0.494 e. The van der Waals surface area contributed by atoms with Gasteiger partial charge in [-0.25, -0.2) is 0 Å². The summed E-state index contributed by atoms with van der Waals surface area (Å²) in [7, 11) is 0. The van der Waals surface area contributed by atoms with Crippen molar-refractivity contribution in [3.05, 3.63) is 29.8 Å². The van der Waals surface area contributed by atoms with E-state index >= 15 is 0 Å². The van der Waals surface area contributed by atoms with Gasteiger partial charge in [0.25, 0.3) is 5.91 Å². The van der Waals surface area contributed by atoms with E-state index in [0.29, 0.717) is 18.1 Å². The zero-order valence-electron chi connectivity index (χ0n) is 12.2. The summed E-state index contributed by atoms with van der Waals surface area (Å²) in [4.78, 5) is 12.1. The minimum atomic E-state index is -0.00881. The third kappa shape index (κ3) is 4.53. The molecule has 0 aromatic heterocycles. The molecule has 20 heavy (non-hydrogen) atoms. The minimum absolute atomic E-state index is 0.00881. The van der Waals surface area contributed by atoms with Crippen molar-refractivity contribution in [2.45, 2.75) is 26.2 Å². The first-order valence-electron chi connectivity index (χ1n) is 7.51. The van der Waals surface area contributed by atoms with E-state index in [4.69, 9.17) is 4.74 Å². The molecule has 1 aliphatic rings. The molecule has 0 unspecified atom stereocenters. The van der Waals surface area contributed by atoms with Crippen molar-refractivity contribution in [2.24, 2.45) is 5.92 Å². The predicted molar refractivity (Wildman–Crippen MR) is 80.2 cm³/mol. The number of benzene rings is 1. The van der Waals surface area contributed by atoms with Gasteiger partial charge in [0.2, 0.25) is 0 Å². The van der Waals surface area contributed by atoms with Crippen LogP contribution in [0.3, 0.4) is 0 Å². The van der Waals surface area contributed by atoms with Gasteiger partial charge in [0, 0.05) is 12.1 Å². The number of carbonyl (C=O) groups is 1. The maximum atomic E-state index is 12.1. The van der Waals surface area contributed by atoms with Crippen LogP contribution in [0.25, 0.3) is 0 Å². The second-order valence-corrected chi connectivity index (χ2v) is 5.28. The third-order valence-electron chi connectivity index (χ3n) is 3.58. The molecule has 0 radical (unpaired) electrons. The Bertz CT molecular complexity index is 428. The van der Waals surface area contributed by atoms with Gasteiger partial charge in [-0.15, -0.1) is 0 Å². The van der Waals surface area contributed by atoms with Gasteiger partial charge in [0.05, 0.1) is 6.61 Å². The molecule has 1 saturated heterocycles. The third-order valence-corrected chi connectivity index (χ3v) is 3.58. The second kappa shape index (κ2) is 7.90. The van der Waals surface area contributed by atoms with Crippen molar-refractivity contribution >= 4 is 5.91 Å². The van der Waals surface area contributed by atoms with E-state index in [-0.39, 0.29) is 5.91 Å². The standard InChI is InChI=1S/C16H24N2O2/c1-2-10-20-15-5-3-4-14(11-15)16(19)18-12-13-6-8-17-9-7-13/h3-5,11,13,17H,2,6-10,12H2,1H3,(H,18,19). The monoisotopic (exact) mass is 276 g/mol. The van der Waals surface area contributed by atoms with Crippen LogP contribution >= 0.6 is 0 Å². The summed E-state index contributed by atoms with van der Waals surface area (Å²) in [6.07, 6.45) is 3.24. The fraction of sp³-hybridized carbons (Fsp3) is 0.562. The van der Waals surface area contributed by atoms with Gasteiger partial charge in [0.1, 0.15) is 5.75 Å². The lowest BCUT2D eigenvalue weighted by atomic mass is 9.98. The van der Waals surface area contributed by atoms with Crippen LogP contribution in [0.2, 0.25) is 0 Å². The summed E-state index contributed by atoms with van der Waals surface area (Å²) in [5.74, 6) is 1.35. The van der Waals surface area contributed by atoms with Gasteiger partial charge < -0.3 is 15.4 Å². The quantitative estimate of drug-likeness (QED) is 0.837. The Morgan fingerprint density at radius 1 is 1.40 bits per heavy atom. The number of piperidine rings is 1. The molecule has 110 valence electrons. The Morgan fingerprint density at radius 2 is 2.20 bits per heavy atom. The first-order valence-corrected chi connectivity index (χ1v) is 7.51. The highest BCUT2D eigenvalue weighted by Crippen LogP contribution is 2.14. The van der Waals surface area contributed by atoms with Crippen LogP contribution in [-0.2, 0) is 0 Å². The molecule has 0 bridgehead atoms. The number of hydrogen-bond acceptors (Lipinski definition) is 3. The number of carbonyl (C=O) groups excluding carboxylic acids is 1. The van der Waals surface area contributed by atoms with E-state index in [2.05, 4.69) is 17.6 Å². The van der Waals surface area contributed by atoms with E-state index in [0.717, 1.165) is 44.6 Å². The van der Waals surface area contributed by atoms with Crippen LogP contribution < -0.4 is 15.4 Å². The zero-order chi connectivity index (χ0) is 14.2. The van der Waals surface area contributed by atoms with Gasteiger partial charge in [-0.05, 0) is 56.5 Å². The first-order chi connectivity index (χ1) is 9.79. The van der Waals surface area contributed by atoms with E-state index in [9.17, 15) is 4.79 Å². The fourth-order valence-electron chi connectivity index (χ4n) is 2.37. The predicted octanol–water partition coefficient (Wildman–Crippen LogP) is 2.20. The van der Waals surface area contributed by atoms with Crippen LogP contribution in [0.5, 0.6) is 5.75 Å². The van der Waals surface area contributed by atoms with Crippen LogP contribution in [0, 0.1) is 5.92 Å². The first kappa shape index (κ1) is 14.9. The molecule has 1 aromatic rings. The molecule has 2 N–H and O–H groups in total. The van der Waals surface area contributed by atoms with Crippen molar-refractivity contribution in [1.82, 2.24) is 10.6 Å². The van der Waals surface area contributed by atoms with E-state index in [1.807, 2.05) is 24.3 Å². The van der Waals surface area contributed by atoms with Crippen LogP contribution in [0.4, 0.5) is 0 Å². The summed E-state index contributed by atoms with van der Waals surface area (Å²) < 4.78 is 5.55. The van der Waals surface area contributed by atoms with Gasteiger partial charge in [-0.3, -0.25) is 4.79 Å². The molecule has 0 aliphatic carbocycles. The molecule has 0 saturated carbocycles. The Hall–Kier alpha value is -1.55. The van der Waals surface area contributed by atoms with Crippen molar-refractivity contribution in [3.63, 3.8) is 0 Å². The summed E-state index contributed by atoms with van der Waals surface area (Å²) in [5.41, 5.74) is 0.674. The highest BCUT2D eigenvalue weighted by atomic mass is 16.5. The summed E-state index contributed by atoms with van der Waals surface area (Å²) in [6.45, 7) is 5.62. The Kier molecular flexibility index (Phi) is 5.87. The lowest BCUT2D eigenvalue weighted by Crippen LogP contribution is -2.35. The van der Waals surface area contributed by atoms with Crippen molar-refractivity contribution < 1.29 is 9.53 Å². The maximum absolute atomic E-state index is 12.1. The molecular formula is C16H24N2O2. The average molecular weight is 276 g/mol. The van der Waals surface area contributed by atoms with E-state index in [1.54, 1.807) is 0 Å². The Morgan fingerprint density at radius 3 is 2.95 bits per heavy atom. The summed E-state index contributed by atoms with van der Waals surface area (Å²) in [6, 6.07) is 7.40. The van der Waals surface area contributed by atoms with Crippen molar-refractivity contribution in [2.75, 3.05) is 26.2 Å². The van der Waals surface area contributed by atoms with Crippen LogP contribution in [-0.4, -0.2) is 32.1 Å². The lowest BCUT2D eigenvalue weighted by Gasteiger charge is -2.22. The van der Waals surface area contributed by atoms with Crippen LogP contribution in [0.1, 0.15) is 36.5 Å². The van der Waals surface area contributed by atoms with Crippen molar-refractivity contribution in [3.8, 4) is 5.75 Å². The number of amides is 1. The van der Waals surface area contributed by atoms with Gasteiger partial charge >= 0.3 is 0 Å². The second-order valence-electron chi connectivity index (χ2n) is 5.28. The average Bonchev–Trinajstić information content (AvgIpc) is 2.52. The van der Waals surface area contributed by atoms with E-state index < -0.39 is 0 Å². The number of ether oxygens (including phenoxy) is 1. The molecule has 2 rings (SSSR count). The molecule has 1 fully saturated rings. The highest BCUT2D eigenvalue weighted by molar-refractivity contribution is 5.94. The van der Waals surface area contributed by atoms with Gasteiger partial charge in [-0.1, -0.05) is 13.0 Å². The van der Waals surface area contributed by atoms with Crippen LogP contribution in [0.15, 0.2) is 24.3 Å². The minimum Gasteiger partial charge on any atom is -0.494 e. The molecule has 1 heterocycles. The van der Waals surface area contributed by atoms with E-state index in [1.165, 1.54) is 0 Å². The summed E-state index contributed by atoms with van der Waals surface area (Å²) >= 11 is 0. The summed E-state index contributed by atoms with van der Waals surface area (Å²) in [5, 5.41) is 6.36. The Labute approximate surface area is 120 Å². The molecule has 0 atom stereocenters. The maximum Gasteiger partial charge on any atom is 0.251 e.